The Morgan fingerprint density at radius 3 is 0.655 bits per heavy atom. The van der Waals surface area contributed by atoms with Crippen LogP contribution in [0.25, 0.3) is 0 Å². The summed E-state index contributed by atoms with van der Waals surface area (Å²) in [6, 6.07) is 0. The van der Waals surface area contributed by atoms with Gasteiger partial charge in [-0.15, -0.1) is 0 Å². The highest BCUT2D eigenvalue weighted by Crippen LogP contribution is 2.39. The quantitative estimate of drug-likeness (QED) is 0.236. The molecule has 344 valence electrons. The summed E-state index contributed by atoms with van der Waals surface area (Å²) < 4.78 is 0. The SMILES string of the molecule is C.C.C.CC.CC.CC.CC.CC(C)(C)C1CCCCC1.CC(C)(C)C1CCCCC1.CC(C)(C)C1CCCCC1.CC(C)(C)C1CCCN(C(C)(C)C)C1. The van der Waals surface area contributed by atoms with Crippen LogP contribution in [0, 0.1) is 45.3 Å². The Labute approximate surface area is 358 Å². The maximum Gasteiger partial charge on any atom is 0.0125 e. The molecule has 0 aromatic heterocycles. The standard InChI is InChI=1S/C13H27N.3C10H20.4C2H6.3CH4/c1-12(2,3)11-8-7-9-14(10-11)13(4,5)6;3*1-10(2,3)9-7-5-4-6-8-9;4*1-2;;;/h11H,7-10H2,1-6H3;3*9H,4-8H2,1-3H3;4*1-2H3;3*1H4. The first-order chi connectivity index (χ1) is 24.0. The van der Waals surface area contributed by atoms with Crippen molar-refractivity contribution >= 4 is 0 Å². The molecule has 0 spiro atoms. The van der Waals surface area contributed by atoms with Crippen molar-refractivity contribution in [2.75, 3.05) is 13.1 Å². The third kappa shape index (κ3) is 35.6. The van der Waals surface area contributed by atoms with Crippen LogP contribution in [0.3, 0.4) is 0 Å². The van der Waals surface area contributed by atoms with Gasteiger partial charge in [-0.2, -0.15) is 0 Å². The predicted molar refractivity (Wildman–Crippen MR) is 267 cm³/mol. The molecular formula is C54H123N. The van der Waals surface area contributed by atoms with E-state index < -0.39 is 0 Å². The van der Waals surface area contributed by atoms with Crippen LogP contribution in [0.5, 0.6) is 0 Å². The fraction of sp³-hybridized carbons (Fsp3) is 1.00. The van der Waals surface area contributed by atoms with Gasteiger partial charge in [0, 0.05) is 12.1 Å². The van der Waals surface area contributed by atoms with Gasteiger partial charge in [0.05, 0.1) is 0 Å². The molecule has 0 N–H and O–H groups in total. The second-order valence-electron chi connectivity index (χ2n) is 20.9. The molecule has 0 bridgehead atoms. The summed E-state index contributed by atoms with van der Waals surface area (Å²) in [6.45, 7) is 54.1. The number of likely N-dealkylation sites (tertiary alicyclic amines) is 1. The third-order valence-corrected chi connectivity index (χ3v) is 12.1. The average Bonchev–Trinajstić information content (AvgIpc) is 3.12. The van der Waals surface area contributed by atoms with Crippen molar-refractivity contribution in [3.05, 3.63) is 0 Å². The van der Waals surface area contributed by atoms with E-state index in [0.717, 1.165) is 23.7 Å². The lowest BCUT2D eigenvalue weighted by atomic mass is 9.72. The van der Waals surface area contributed by atoms with E-state index in [0.29, 0.717) is 27.2 Å². The molecule has 1 unspecified atom stereocenters. The zero-order valence-electron chi connectivity index (χ0n) is 41.7. The molecule has 4 rings (SSSR count). The lowest BCUT2D eigenvalue weighted by molar-refractivity contribution is 0.0388. The molecule has 1 aliphatic heterocycles. The first-order valence-electron chi connectivity index (χ1n) is 23.8. The summed E-state index contributed by atoms with van der Waals surface area (Å²) in [5.74, 6) is 3.87. The van der Waals surface area contributed by atoms with Crippen molar-refractivity contribution in [1.29, 1.82) is 0 Å². The molecule has 1 nitrogen and oxygen atoms in total. The predicted octanol–water partition coefficient (Wildman–Crippen LogP) is 20.4. The first-order valence-corrected chi connectivity index (χ1v) is 23.8. The third-order valence-electron chi connectivity index (χ3n) is 12.1. The first kappa shape index (κ1) is 69.6. The van der Waals surface area contributed by atoms with Gasteiger partial charge in [-0.1, -0.05) is 219 Å². The maximum absolute atomic E-state index is 2.65. The largest absolute Gasteiger partial charge is 0.298 e. The van der Waals surface area contributed by atoms with Crippen molar-refractivity contribution in [3.8, 4) is 0 Å². The molecule has 0 amide bonds. The van der Waals surface area contributed by atoms with Crippen molar-refractivity contribution in [3.63, 3.8) is 0 Å². The fourth-order valence-corrected chi connectivity index (χ4v) is 8.20. The Balaban J connectivity index is -0.000000104. The van der Waals surface area contributed by atoms with Crippen LogP contribution < -0.4 is 0 Å². The smallest absolute Gasteiger partial charge is 0.0125 e. The molecule has 0 aromatic rings. The van der Waals surface area contributed by atoms with Gasteiger partial charge in [-0.05, 0) is 124 Å². The molecule has 3 aliphatic carbocycles. The minimum Gasteiger partial charge on any atom is -0.298 e. The van der Waals surface area contributed by atoms with E-state index in [4.69, 9.17) is 0 Å². The van der Waals surface area contributed by atoms with Crippen LogP contribution in [0.4, 0.5) is 0 Å². The summed E-state index contributed by atoms with van der Waals surface area (Å²) in [5.41, 5.74) is 2.54. The Kier molecular flexibility index (Phi) is 46.8. The van der Waals surface area contributed by atoms with Gasteiger partial charge in [-0.25, -0.2) is 0 Å². The van der Waals surface area contributed by atoms with E-state index in [2.05, 4.69) is 109 Å². The van der Waals surface area contributed by atoms with E-state index >= 15 is 0 Å². The highest BCUT2D eigenvalue weighted by molar-refractivity contribution is 4.87. The van der Waals surface area contributed by atoms with Crippen LogP contribution >= 0.6 is 0 Å². The van der Waals surface area contributed by atoms with Crippen molar-refractivity contribution < 1.29 is 0 Å². The van der Waals surface area contributed by atoms with E-state index in [9.17, 15) is 0 Å². The minimum atomic E-state index is 0. The molecule has 0 aromatic carbocycles. The fourth-order valence-electron chi connectivity index (χ4n) is 8.20. The van der Waals surface area contributed by atoms with Gasteiger partial charge >= 0.3 is 0 Å². The summed E-state index contributed by atoms with van der Waals surface area (Å²) in [7, 11) is 0. The molecular weight excluding hydrogens is 663 g/mol. The van der Waals surface area contributed by atoms with Gasteiger partial charge in [0.2, 0.25) is 0 Å². The Morgan fingerprint density at radius 1 is 0.291 bits per heavy atom. The number of piperidine rings is 1. The second-order valence-corrected chi connectivity index (χ2v) is 20.9. The zero-order chi connectivity index (χ0) is 41.8. The number of hydrogen-bond donors (Lipinski definition) is 0. The Bertz CT molecular complexity index is 623. The van der Waals surface area contributed by atoms with Crippen LogP contribution in [-0.2, 0) is 0 Å². The van der Waals surface area contributed by atoms with Gasteiger partial charge in [0.25, 0.3) is 0 Å². The second kappa shape index (κ2) is 37.0. The number of nitrogens with zero attached hydrogens (tertiary/aromatic N) is 1. The van der Waals surface area contributed by atoms with E-state index in [1.54, 1.807) is 0 Å². The monoisotopic (exact) mass is 786 g/mol. The molecule has 1 saturated heterocycles. The van der Waals surface area contributed by atoms with Crippen molar-refractivity contribution in [2.24, 2.45) is 45.3 Å². The summed E-state index contributed by atoms with van der Waals surface area (Å²) in [5, 5.41) is 0. The molecule has 1 atom stereocenters. The van der Waals surface area contributed by atoms with Gasteiger partial charge in [-0.3, -0.25) is 4.90 Å². The van der Waals surface area contributed by atoms with E-state index in [-0.39, 0.29) is 22.3 Å². The zero-order valence-corrected chi connectivity index (χ0v) is 41.7. The number of rotatable bonds is 0. The Hall–Kier alpha value is -0.0400. The normalized spacial score (nSPS) is 19.8. The summed E-state index contributed by atoms with van der Waals surface area (Å²) in [6.07, 6.45) is 24.9. The number of hydrogen-bond acceptors (Lipinski definition) is 1. The molecule has 1 heteroatoms. The molecule has 3 saturated carbocycles. The van der Waals surface area contributed by atoms with Crippen molar-refractivity contribution in [2.45, 2.75) is 296 Å². The van der Waals surface area contributed by atoms with Gasteiger partial charge < -0.3 is 0 Å². The maximum atomic E-state index is 2.65. The van der Waals surface area contributed by atoms with Gasteiger partial charge in [0.1, 0.15) is 0 Å². The molecule has 4 aliphatic rings. The topological polar surface area (TPSA) is 3.24 Å². The highest BCUT2D eigenvalue weighted by atomic mass is 15.2. The lowest BCUT2D eigenvalue weighted by Gasteiger charge is -2.45. The van der Waals surface area contributed by atoms with Crippen LogP contribution in [0.1, 0.15) is 291 Å². The summed E-state index contributed by atoms with van der Waals surface area (Å²) >= 11 is 0. The van der Waals surface area contributed by atoms with E-state index in [1.165, 1.54) is 122 Å². The summed E-state index contributed by atoms with van der Waals surface area (Å²) in [4.78, 5) is 2.65. The van der Waals surface area contributed by atoms with Crippen LogP contribution in [0.2, 0.25) is 0 Å². The van der Waals surface area contributed by atoms with Crippen LogP contribution in [0.15, 0.2) is 0 Å². The van der Waals surface area contributed by atoms with E-state index in [1.807, 2.05) is 55.4 Å². The van der Waals surface area contributed by atoms with Crippen molar-refractivity contribution in [1.82, 2.24) is 4.90 Å². The molecule has 1 heterocycles. The average molecular weight is 787 g/mol. The Morgan fingerprint density at radius 2 is 0.491 bits per heavy atom. The molecule has 0 radical (unpaired) electrons. The molecule has 55 heavy (non-hydrogen) atoms. The highest BCUT2D eigenvalue weighted by Gasteiger charge is 2.33. The molecule has 4 fully saturated rings. The minimum absolute atomic E-state index is 0. The lowest BCUT2D eigenvalue weighted by Crippen LogP contribution is -2.49. The van der Waals surface area contributed by atoms with Gasteiger partial charge in [0.15, 0.2) is 0 Å². The van der Waals surface area contributed by atoms with Crippen LogP contribution in [-0.4, -0.2) is 23.5 Å².